The lowest BCUT2D eigenvalue weighted by Crippen LogP contribution is -2.23. The predicted octanol–water partition coefficient (Wildman–Crippen LogP) is 0.872. The van der Waals surface area contributed by atoms with Crippen LogP contribution in [0.1, 0.15) is 11.3 Å². The van der Waals surface area contributed by atoms with E-state index in [4.69, 9.17) is 5.26 Å². The second-order valence-electron chi connectivity index (χ2n) is 4.31. The van der Waals surface area contributed by atoms with Crippen molar-refractivity contribution in [3.63, 3.8) is 0 Å². The summed E-state index contributed by atoms with van der Waals surface area (Å²) >= 11 is 1.07. The average Bonchev–Trinajstić information content (AvgIpc) is 2.89. The maximum Gasteiger partial charge on any atom is 0.304 e. The number of benzene rings is 1. The zero-order valence-electron chi connectivity index (χ0n) is 11.0. The first-order chi connectivity index (χ1) is 10.0. The van der Waals surface area contributed by atoms with Crippen molar-refractivity contribution in [2.24, 2.45) is 0 Å². The van der Waals surface area contributed by atoms with Gasteiger partial charge in [-0.2, -0.15) is 5.26 Å². The highest BCUT2D eigenvalue weighted by Gasteiger charge is 2.13. The lowest BCUT2D eigenvalue weighted by atomic mass is 10.2. The van der Waals surface area contributed by atoms with Crippen LogP contribution in [0.5, 0.6) is 0 Å². The summed E-state index contributed by atoms with van der Waals surface area (Å²) in [4.78, 5) is 13.6. The van der Waals surface area contributed by atoms with Gasteiger partial charge in [0.15, 0.2) is 9.84 Å². The van der Waals surface area contributed by atoms with Gasteiger partial charge in [-0.3, -0.25) is 4.79 Å². The van der Waals surface area contributed by atoms with E-state index < -0.39 is 9.84 Å². The van der Waals surface area contributed by atoms with E-state index in [1.807, 2.05) is 6.07 Å². The second-order valence-corrected chi connectivity index (χ2v) is 7.26. The molecule has 0 atom stereocenters. The number of rotatable bonds is 6. The minimum absolute atomic E-state index is 0.0483. The maximum absolute atomic E-state index is 12.1. The summed E-state index contributed by atoms with van der Waals surface area (Å²) in [5.41, 5.74) is 1.16. The van der Waals surface area contributed by atoms with Crippen LogP contribution >= 0.6 is 11.3 Å². The van der Waals surface area contributed by atoms with Gasteiger partial charge in [-0.15, -0.1) is 0 Å². The lowest BCUT2D eigenvalue weighted by molar-refractivity contribution is 0.590. The fourth-order valence-corrected chi connectivity index (χ4v) is 3.47. The van der Waals surface area contributed by atoms with Crippen LogP contribution in [0.4, 0.5) is 0 Å². The van der Waals surface area contributed by atoms with E-state index >= 15 is 0 Å². The molecule has 6 nitrogen and oxygen atoms in total. The van der Waals surface area contributed by atoms with Crippen molar-refractivity contribution >= 4 is 21.2 Å². The number of nitrogens with zero attached hydrogens (tertiary/aromatic N) is 1. The van der Waals surface area contributed by atoms with E-state index in [0.29, 0.717) is 12.1 Å². The SMILES string of the molecule is N#Cc1ccc(S(=O)(=O)CCNCc2csc(=O)[nH]2)cc1. The second kappa shape index (κ2) is 6.67. The molecule has 0 amide bonds. The van der Waals surface area contributed by atoms with Gasteiger partial charge in [0.2, 0.25) is 0 Å². The van der Waals surface area contributed by atoms with Crippen LogP contribution in [0.2, 0.25) is 0 Å². The van der Waals surface area contributed by atoms with Crippen LogP contribution in [0.15, 0.2) is 39.3 Å². The maximum atomic E-state index is 12.1. The van der Waals surface area contributed by atoms with E-state index in [1.165, 1.54) is 24.3 Å². The minimum Gasteiger partial charge on any atom is -0.315 e. The lowest BCUT2D eigenvalue weighted by Gasteiger charge is -2.05. The normalized spacial score (nSPS) is 11.2. The van der Waals surface area contributed by atoms with Crippen molar-refractivity contribution in [1.82, 2.24) is 10.3 Å². The van der Waals surface area contributed by atoms with Crippen LogP contribution in [0.3, 0.4) is 0 Å². The quantitative estimate of drug-likeness (QED) is 0.768. The summed E-state index contributed by atoms with van der Waals surface area (Å²) in [7, 11) is -3.38. The van der Waals surface area contributed by atoms with Gasteiger partial charge in [-0.05, 0) is 24.3 Å². The van der Waals surface area contributed by atoms with Gasteiger partial charge in [0.25, 0.3) is 0 Å². The van der Waals surface area contributed by atoms with Gasteiger partial charge < -0.3 is 10.3 Å². The van der Waals surface area contributed by atoms with Crippen LogP contribution in [0, 0.1) is 11.3 Å². The summed E-state index contributed by atoms with van der Waals surface area (Å²) in [6.07, 6.45) is 0. The standard InChI is InChI=1S/C13H13N3O3S2/c14-7-10-1-3-12(4-2-10)21(18,19)6-5-15-8-11-9-20-13(17)16-11/h1-4,9,15H,5-6,8H2,(H,16,17). The topological polar surface area (TPSA) is 103 Å². The van der Waals surface area contributed by atoms with Crippen LogP contribution in [-0.2, 0) is 16.4 Å². The number of sulfone groups is 1. The summed E-state index contributed by atoms with van der Waals surface area (Å²) in [5.74, 6) is -0.0483. The van der Waals surface area contributed by atoms with Crippen molar-refractivity contribution in [3.05, 3.63) is 50.6 Å². The first-order valence-corrected chi connectivity index (χ1v) is 8.65. The van der Waals surface area contributed by atoms with Crippen molar-refractivity contribution in [1.29, 1.82) is 5.26 Å². The molecule has 0 aliphatic heterocycles. The van der Waals surface area contributed by atoms with E-state index in [9.17, 15) is 13.2 Å². The van der Waals surface area contributed by atoms with E-state index in [0.717, 1.165) is 17.0 Å². The van der Waals surface area contributed by atoms with Gasteiger partial charge in [-0.1, -0.05) is 11.3 Å². The van der Waals surface area contributed by atoms with Gasteiger partial charge in [0.1, 0.15) is 0 Å². The van der Waals surface area contributed by atoms with Crippen molar-refractivity contribution in [2.75, 3.05) is 12.3 Å². The molecule has 1 aromatic carbocycles. The molecule has 0 radical (unpaired) electrons. The van der Waals surface area contributed by atoms with Crippen LogP contribution in [-0.4, -0.2) is 25.7 Å². The highest BCUT2D eigenvalue weighted by molar-refractivity contribution is 7.91. The predicted molar refractivity (Wildman–Crippen MR) is 79.9 cm³/mol. The zero-order chi connectivity index (χ0) is 15.3. The molecule has 0 bridgehead atoms. The third-order valence-electron chi connectivity index (χ3n) is 2.78. The zero-order valence-corrected chi connectivity index (χ0v) is 12.6. The highest BCUT2D eigenvalue weighted by atomic mass is 32.2. The monoisotopic (exact) mass is 323 g/mol. The van der Waals surface area contributed by atoms with Crippen molar-refractivity contribution in [3.8, 4) is 6.07 Å². The van der Waals surface area contributed by atoms with Crippen molar-refractivity contribution < 1.29 is 8.42 Å². The Labute approximate surface area is 126 Å². The molecular formula is C13H13N3O3S2. The van der Waals surface area contributed by atoms with Gasteiger partial charge in [0, 0.05) is 24.2 Å². The van der Waals surface area contributed by atoms with E-state index in [2.05, 4.69) is 10.3 Å². The summed E-state index contributed by atoms with van der Waals surface area (Å²) in [6, 6.07) is 7.78. The van der Waals surface area contributed by atoms with E-state index in [-0.39, 0.29) is 22.1 Å². The molecule has 0 saturated heterocycles. The van der Waals surface area contributed by atoms with Crippen molar-refractivity contribution in [2.45, 2.75) is 11.4 Å². The number of hydrogen-bond donors (Lipinski definition) is 2. The Bertz CT molecular complexity index is 798. The summed E-state index contributed by atoms with van der Waals surface area (Å²) in [6.45, 7) is 0.696. The molecule has 2 aromatic rings. The third kappa shape index (κ3) is 4.26. The van der Waals surface area contributed by atoms with Crippen LogP contribution in [0.25, 0.3) is 0 Å². The molecule has 1 heterocycles. The first kappa shape index (κ1) is 15.4. The Balaban J connectivity index is 1.89. The number of thiazole rings is 1. The minimum atomic E-state index is -3.38. The summed E-state index contributed by atoms with van der Waals surface area (Å²) in [5, 5.41) is 13.3. The highest BCUT2D eigenvalue weighted by Crippen LogP contribution is 2.11. The number of H-pyrrole nitrogens is 1. The largest absolute Gasteiger partial charge is 0.315 e. The molecule has 0 saturated carbocycles. The summed E-state index contributed by atoms with van der Waals surface area (Å²) < 4.78 is 24.1. The molecule has 1 aromatic heterocycles. The van der Waals surface area contributed by atoms with Gasteiger partial charge in [0.05, 0.1) is 22.3 Å². The average molecular weight is 323 g/mol. The molecule has 0 aliphatic rings. The molecule has 110 valence electrons. The molecule has 2 N–H and O–H groups in total. The molecular weight excluding hydrogens is 310 g/mol. The Morgan fingerprint density at radius 3 is 2.57 bits per heavy atom. The Morgan fingerprint density at radius 1 is 1.29 bits per heavy atom. The van der Waals surface area contributed by atoms with Gasteiger partial charge in [-0.25, -0.2) is 8.42 Å². The Kier molecular flexibility index (Phi) is 4.90. The Morgan fingerprint density at radius 2 is 2.00 bits per heavy atom. The Hall–Kier alpha value is -1.95. The number of nitrogens with one attached hydrogen (secondary N) is 2. The number of aromatic nitrogens is 1. The van der Waals surface area contributed by atoms with Gasteiger partial charge >= 0.3 is 4.87 Å². The molecule has 8 heteroatoms. The molecule has 21 heavy (non-hydrogen) atoms. The molecule has 0 spiro atoms. The number of hydrogen-bond acceptors (Lipinski definition) is 6. The third-order valence-corrected chi connectivity index (χ3v) is 5.23. The smallest absolute Gasteiger partial charge is 0.304 e. The fraction of sp³-hybridized carbons (Fsp3) is 0.231. The first-order valence-electron chi connectivity index (χ1n) is 6.11. The number of aromatic amines is 1. The number of nitriles is 1. The fourth-order valence-electron chi connectivity index (χ4n) is 1.68. The molecule has 0 aliphatic carbocycles. The van der Waals surface area contributed by atoms with Crippen LogP contribution < -0.4 is 10.2 Å². The van der Waals surface area contributed by atoms with E-state index in [1.54, 1.807) is 5.38 Å². The molecule has 2 rings (SSSR count). The molecule has 0 unspecified atom stereocenters. The molecule has 0 fully saturated rings.